The van der Waals surface area contributed by atoms with Gasteiger partial charge in [0.1, 0.15) is 22.3 Å². The Balaban J connectivity index is 1.15. The van der Waals surface area contributed by atoms with Crippen molar-refractivity contribution in [2.75, 3.05) is 4.90 Å². The van der Waals surface area contributed by atoms with Crippen LogP contribution in [0.15, 0.2) is 209 Å². The molecule has 0 bridgehead atoms. The third-order valence-electron chi connectivity index (χ3n) is 10.9. The van der Waals surface area contributed by atoms with E-state index in [4.69, 9.17) is 8.83 Å². The fraction of sp³-hybridized carbons (Fsp3) is 0. The number of fused-ring (bicyclic) bond motifs is 8. The van der Waals surface area contributed by atoms with Crippen LogP contribution in [0.25, 0.3) is 88.0 Å². The number of nitrogens with zero attached hydrogens (tertiary/aromatic N) is 1. The molecule has 0 unspecified atom stereocenters. The van der Waals surface area contributed by atoms with Gasteiger partial charge in [-0.1, -0.05) is 140 Å². The lowest BCUT2D eigenvalue weighted by Crippen LogP contribution is -2.11. The van der Waals surface area contributed by atoms with Crippen LogP contribution < -0.4 is 4.90 Å². The highest BCUT2D eigenvalue weighted by Gasteiger charge is 2.21. The molecule has 0 aliphatic heterocycles. The van der Waals surface area contributed by atoms with Gasteiger partial charge in [0.05, 0.1) is 5.69 Å². The lowest BCUT2D eigenvalue weighted by molar-refractivity contribution is 0.668. The van der Waals surface area contributed by atoms with Gasteiger partial charge in [-0.25, -0.2) is 0 Å². The Labute approximate surface area is 317 Å². The number of rotatable bonds is 6. The van der Waals surface area contributed by atoms with Crippen molar-refractivity contribution in [2.45, 2.75) is 0 Å². The molecule has 0 radical (unpaired) electrons. The highest BCUT2D eigenvalue weighted by molar-refractivity contribution is 6.19. The minimum Gasteiger partial charge on any atom is -0.456 e. The molecule has 9 aromatic carbocycles. The number of furan rings is 2. The first-order valence-electron chi connectivity index (χ1n) is 18.7. The van der Waals surface area contributed by atoms with Crippen molar-refractivity contribution in [3.63, 3.8) is 0 Å². The molecular weight excluding hydrogens is 671 g/mol. The maximum absolute atomic E-state index is 6.45. The molecule has 0 amide bonds. The van der Waals surface area contributed by atoms with E-state index in [2.05, 4.69) is 181 Å². The molecule has 0 spiro atoms. The zero-order valence-electron chi connectivity index (χ0n) is 29.8. The monoisotopic (exact) mass is 703 g/mol. The first-order valence-corrected chi connectivity index (χ1v) is 18.7. The summed E-state index contributed by atoms with van der Waals surface area (Å²) in [4.78, 5) is 2.37. The van der Waals surface area contributed by atoms with Crippen molar-refractivity contribution in [2.24, 2.45) is 0 Å². The molecule has 0 aliphatic rings. The number of hydrogen-bond donors (Lipinski definition) is 0. The van der Waals surface area contributed by atoms with E-state index in [-0.39, 0.29) is 0 Å². The maximum Gasteiger partial charge on any atom is 0.137 e. The minimum absolute atomic E-state index is 0.857. The molecule has 0 fully saturated rings. The summed E-state index contributed by atoms with van der Waals surface area (Å²) in [6.45, 7) is 0. The van der Waals surface area contributed by atoms with Gasteiger partial charge in [-0.05, 0) is 93.2 Å². The van der Waals surface area contributed by atoms with Gasteiger partial charge < -0.3 is 13.7 Å². The van der Waals surface area contributed by atoms with Crippen LogP contribution >= 0.6 is 0 Å². The number of para-hydroxylation sites is 3. The van der Waals surface area contributed by atoms with E-state index in [1.807, 2.05) is 24.3 Å². The molecule has 2 aromatic heterocycles. The third-order valence-corrected chi connectivity index (χ3v) is 10.9. The molecule has 55 heavy (non-hydrogen) atoms. The van der Waals surface area contributed by atoms with Gasteiger partial charge in [-0.3, -0.25) is 0 Å². The van der Waals surface area contributed by atoms with E-state index < -0.39 is 0 Å². The zero-order chi connectivity index (χ0) is 36.3. The molecule has 2 heterocycles. The van der Waals surface area contributed by atoms with Crippen molar-refractivity contribution < 1.29 is 8.83 Å². The van der Waals surface area contributed by atoms with Gasteiger partial charge in [-0.2, -0.15) is 0 Å². The molecule has 0 saturated carbocycles. The van der Waals surface area contributed by atoms with Crippen LogP contribution in [-0.2, 0) is 0 Å². The van der Waals surface area contributed by atoms with Crippen LogP contribution in [0.5, 0.6) is 0 Å². The Morgan fingerprint density at radius 1 is 0.309 bits per heavy atom. The molecule has 0 saturated heterocycles. The standard InChI is InChI=1S/C52H33NO2/c1-3-13-34(14-4-1)41-17-7-10-20-47(41)53(39-27-29-43-42-18-8-11-21-48(42)55-51(43)33-39)38-26-28-40(45(32-38)35-15-5-2-6-16-35)37-24-23-36-25-30-50-52(46(36)31-37)44-19-9-12-22-49(44)54-50/h1-33H. The van der Waals surface area contributed by atoms with Gasteiger partial charge in [0.15, 0.2) is 0 Å². The van der Waals surface area contributed by atoms with E-state index in [0.717, 1.165) is 94.3 Å². The Kier molecular flexibility index (Phi) is 7.17. The van der Waals surface area contributed by atoms with Crippen LogP contribution in [-0.4, -0.2) is 0 Å². The highest BCUT2D eigenvalue weighted by atomic mass is 16.3. The summed E-state index contributed by atoms with van der Waals surface area (Å²) in [6.07, 6.45) is 0. The lowest BCUT2D eigenvalue weighted by atomic mass is 9.91. The van der Waals surface area contributed by atoms with Crippen molar-refractivity contribution in [1.29, 1.82) is 0 Å². The van der Waals surface area contributed by atoms with Gasteiger partial charge >= 0.3 is 0 Å². The van der Waals surface area contributed by atoms with Crippen LogP contribution in [0.2, 0.25) is 0 Å². The SMILES string of the molecule is c1ccc(-c2cc(N(c3ccc4c(c3)oc3ccccc34)c3ccccc3-c3ccccc3)ccc2-c2ccc3ccc4oc5ccccc5c4c3c2)cc1. The van der Waals surface area contributed by atoms with Gasteiger partial charge in [-0.15, -0.1) is 0 Å². The van der Waals surface area contributed by atoms with E-state index >= 15 is 0 Å². The zero-order valence-corrected chi connectivity index (χ0v) is 29.8. The Hall–Kier alpha value is -7.36. The lowest BCUT2D eigenvalue weighted by Gasteiger charge is -2.29. The summed E-state index contributed by atoms with van der Waals surface area (Å²) in [5.74, 6) is 0. The van der Waals surface area contributed by atoms with Crippen molar-refractivity contribution in [1.82, 2.24) is 0 Å². The molecule has 3 nitrogen and oxygen atoms in total. The molecule has 11 rings (SSSR count). The summed E-state index contributed by atoms with van der Waals surface area (Å²) in [7, 11) is 0. The normalized spacial score (nSPS) is 11.6. The topological polar surface area (TPSA) is 29.5 Å². The van der Waals surface area contributed by atoms with Crippen molar-refractivity contribution >= 4 is 71.7 Å². The molecule has 0 atom stereocenters. The summed E-state index contributed by atoms with van der Waals surface area (Å²) in [6, 6.07) is 71.1. The maximum atomic E-state index is 6.45. The highest BCUT2D eigenvalue weighted by Crippen LogP contribution is 2.46. The average Bonchev–Trinajstić information content (AvgIpc) is 3.83. The van der Waals surface area contributed by atoms with Gasteiger partial charge in [0.25, 0.3) is 0 Å². The third kappa shape index (κ3) is 5.20. The second-order valence-corrected chi connectivity index (χ2v) is 14.1. The predicted octanol–water partition coefficient (Wildman–Crippen LogP) is 15.1. The second kappa shape index (κ2) is 12.6. The fourth-order valence-electron chi connectivity index (χ4n) is 8.30. The Morgan fingerprint density at radius 3 is 1.73 bits per heavy atom. The van der Waals surface area contributed by atoms with Gasteiger partial charge in [0, 0.05) is 44.5 Å². The molecule has 258 valence electrons. The van der Waals surface area contributed by atoms with E-state index in [1.165, 1.54) is 10.8 Å². The molecule has 3 heteroatoms. The molecule has 0 aliphatic carbocycles. The number of anilines is 3. The van der Waals surface area contributed by atoms with Crippen LogP contribution in [0, 0.1) is 0 Å². The van der Waals surface area contributed by atoms with Crippen molar-refractivity contribution in [3.8, 4) is 33.4 Å². The Morgan fingerprint density at radius 2 is 0.909 bits per heavy atom. The fourth-order valence-corrected chi connectivity index (χ4v) is 8.30. The largest absolute Gasteiger partial charge is 0.456 e. The average molecular weight is 704 g/mol. The van der Waals surface area contributed by atoms with Crippen LogP contribution in [0.4, 0.5) is 17.1 Å². The predicted molar refractivity (Wildman–Crippen MR) is 229 cm³/mol. The van der Waals surface area contributed by atoms with Gasteiger partial charge in [0.2, 0.25) is 0 Å². The number of hydrogen-bond acceptors (Lipinski definition) is 3. The number of benzene rings is 9. The Bertz CT molecular complexity index is 3210. The first-order chi connectivity index (χ1) is 27.3. The summed E-state index contributed by atoms with van der Waals surface area (Å²) in [5, 5.41) is 6.87. The molecular formula is C52H33NO2. The van der Waals surface area contributed by atoms with E-state index in [0.29, 0.717) is 0 Å². The van der Waals surface area contributed by atoms with Crippen LogP contribution in [0.1, 0.15) is 0 Å². The quantitative estimate of drug-likeness (QED) is 0.173. The van der Waals surface area contributed by atoms with Crippen molar-refractivity contribution in [3.05, 3.63) is 200 Å². The summed E-state index contributed by atoms with van der Waals surface area (Å²) >= 11 is 0. The second-order valence-electron chi connectivity index (χ2n) is 14.1. The molecule has 11 aromatic rings. The van der Waals surface area contributed by atoms with Crippen LogP contribution in [0.3, 0.4) is 0 Å². The summed E-state index contributed by atoms with van der Waals surface area (Å²) < 4.78 is 12.8. The van der Waals surface area contributed by atoms with E-state index in [1.54, 1.807) is 0 Å². The summed E-state index contributed by atoms with van der Waals surface area (Å²) in [5.41, 5.74) is 13.6. The molecule has 0 N–H and O–H groups in total. The first kappa shape index (κ1) is 31.2. The minimum atomic E-state index is 0.857. The van der Waals surface area contributed by atoms with E-state index in [9.17, 15) is 0 Å². The smallest absolute Gasteiger partial charge is 0.137 e.